The molecule has 1 aromatic carbocycles. The maximum absolute atomic E-state index is 13.6. The largest absolute Gasteiger partial charge is 0.335 e. The van der Waals surface area contributed by atoms with Crippen molar-refractivity contribution in [2.75, 3.05) is 13.1 Å². The van der Waals surface area contributed by atoms with E-state index in [4.69, 9.17) is 5.73 Å². The number of aryl methyl sites for hydroxylation is 1. The second-order valence-electron chi connectivity index (χ2n) is 4.46. The van der Waals surface area contributed by atoms with Crippen molar-refractivity contribution in [3.05, 3.63) is 34.9 Å². The van der Waals surface area contributed by atoms with E-state index >= 15 is 0 Å². The second-order valence-corrected chi connectivity index (χ2v) is 4.46. The highest BCUT2D eigenvalue weighted by Crippen LogP contribution is 2.17. The third-order valence-corrected chi connectivity index (χ3v) is 2.73. The van der Waals surface area contributed by atoms with Gasteiger partial charge in [-0.15, -0.1) is 0 Å². The van der Waals surface area contributed by atoms with Crippen LogP contribution >= 0.6 is 0 Å². The van der Waals surface area contributed by atoms with Crippen molar-refractivity contribution in [2.24, 2.45) is 5.73 Å². The van der Waals surface area contributed by atoms with E-state index < -0.39 is 17.5 Å². The van der Waals surface area contributed by atoms with Crippen molar-refractivity contribution in [3.8, 4) is 0 Å². The Bertz CT molecular complexity index is 447. The topological polar surface area (TPSA) is 46.3 Å². The third kappa shape index (κ3) is 3.04. The molecule has 0 aliphatic heterocycles. The molecule has 0 aromatic heterocycles. The van der Waals surface area contributed by atoms with E-state index in [1.165, 1.54) is 17.9 Å². The SMILES string of the molecule is Cc1cc(C(=O)N(CCN)C(C)C)c(F)cc1F. The lowest BCUT2D eigenvalue weighted by Gasteiger charge is -2.26. The minimum absolute atomic E-state index is 0.0918. The van der Waals surface area contributed by atoms with Gasteiger partial charge in [-0.3, -0.25) is 4.79 Å². The standard InChI is InChI=1S/C13H18F2N2O/c1-8(2)17(5-4-16)13(18)10-6-9(3)11(14)7-12(10)15/h6-8H,4-5,16H2,1-3H3. The Kier molecular flexibility index (Phi) is 4.78. The summed E-state index contributed by atoms with van der Waals surface area (Å²) in [6.07, 6.45) is 0. The number of nitrogens with zero attached hydrogens (tertiary/aromatic N) is 1. The number of nitrogens with two attached hydrogens (primary N) is 1. The lowest BCUT2D eigenvalue weighted by atomic mass is 10.1. The van der Waals surface area contributed by atoms with Crippen molar-refractivity contribution in [1.82, 2.24) is 4.90 Å². The molecule has 2 N–H and O–H groups in total. The predicted molar refractivity (Wildman–Crippen MR) is 66.3 cm³/mol. The van der Waals surface area contributed by atoms with Crippen LogP contribution in [0.1, 0.15) is 29.8 Å². The Hall–Kier alpha value is -1.49. The summed E-state index contributed by atoms with van der Waals surface area (Å²) < 4.78 is 26.8. The fraction of sp³-hybridized carbons (Fsp3) is 0.462. The molecule has 0 saturated carbocycles. The molecule has 5 heteroatoms. The monoisotopic (exact) mass is 256 g/mol. The van der Waals surface area contributed by atoms with Gasteiger partial charge >= 0.3 is 0 Å². The zero-order chi connectivity index (χ0) is 13.9. The summed E-state index contributed by atoms with van der Waals surface area (Å²) in [4.78, 5) is 13.6. The smallest absolute Gasteiger partial charge is 0.257 e. The molecule has 3 nitrogen and oxygen atoms in total. The van der Waals surface area contributed by atoms with Gasteiger partial charge in [0.15, 0.2) is 0 Å². The van der Waals surface area contributed by atoms with Crippen molar-refractivity contribution >= 4 is 5.91 Å². The Labute approximate surface area is 106 Å². The van der Waals surface area contributed by atoms with Crippen LogP contribution < -0.4 is 5.73 Å². The van der Waals surface area contributed by atoms with Crippen LogP contribution in [0.3, 0.4) is 0 Å². The Balaban J connectivity index is 3.12. The Morgan fingerprint density at radius 3 is 2.44 bits per heavy atom. The van der Waals surface area contributed by atoms with Gasteiger partial charge in [0.25, 0.3) is 5.91 Å². The van der Waals surface area contributed by atoms with Crippen LogP contribution in [0.25, 0.3) is 0 Å². The molecule has 1 aromatic rings. The summed E-state index contributed by atoms with van der Waals surface area (Å²) in [5.41, 5.74) is 5.56. The number of carbonyl (C=O) groups excluding carboxylic acids is 1. The van der Waals surface area contributed by atoms with E-state index in [0.29, 0.717) is 13.1 Å². The normalized spacial score (nSPS) is 10.8. The molecule has 0 atom stereocenters. The van der Waals surface area contributed by atoms with E-state index in [0.717, 1.165) is 6.07 Å². The molecule has 0 radical (unpaired) electrons. The first kappa shape index (κ1) is 14.6. The number of rotatable bonds is 4. The quantitative estimate of drug-likeness (QED) is 0.896. The molecule has 0 aliphatic carbocycles. The fourth-order valence-corrected chi connectivity index (χ4v) is 1.71. The van der Waals surface area contributed by atoms with Crippen LogP contribution in [0.15, 0.2) is 12.1 Å². The average Bonchev–Trinajstić information content (AvgIpc) is 2.29. The van der Waals surface area contributed by atoms with Crippen LogP contribution in [0.4, 0.5) is 8.78 Å². The highest BCUT2D eigenvalue weighted by Gasteiger charge is 2.22. The molecule has 100 valence electrons. The molecule has 1 amide bonds. The van der Waals surface area contributed by atoms with Gasteiger partial charge in [-0.05, 0) is 32.4 Å². The molecule has 0 fully saturated rings. The van der Waals surface area contributed by atoms with Crippen LogP contribution in [0.2, 0.25) is 0 Å². The molecule has 18 heavy (non-hydrogen) atoms. The van der Waals surface area contributed by atoms with Crippen molar-refractivity contribution in [3.63, 3.8) is 0 Å². The first-order valence-electron chi connectivity index (χ1n) is 5.85. The number of benzene rings is 1. The number of hydrogen-bond acceptors (Lipinski definition) is 2. The average molecular weight is 256 g/mol. The number of amides is 1. The first-order chi connectivity index (χ1) is 8.38. The number of hydrogen-bond donors (Lipinski definition) is 1. The zero-order valence-electron chi connectivity index (χ0n) is 10.8. The fourth-order valence-electron chi connectivity index (χ4n) is 1.71. The minimum atomic E-state index is -0.842. The van der Waals surface area contributed by atoms with Gasteiger partial charge in [0.05, 0.1) is 5.56 Å². The van der Waals surface area contributed by atoms with Crippen molar-refractivity contribution in [1.29, 1.82) is 0 Å². The molecule has 0 aliphatic rings. The van der Waals surface area contributed by atoms with E-state index in [1.807, 2.05) is 13.8 Å². The van der Waals surface area contributed by atoms with Crippen LogP contribution in [-0.2, 0) is 0 Å². The third-order valence-electron chi connectivity index (χ3n) is 2.73. The molecule has 0 heterocycles. The van der Waals surface area contributed by atoms with Gasteiger partial charge in [0, 0.05) is 25.2 Å². The lowest BCUT2D eigenvalue weighted by Crippen LogP contribution is -2.40. The molecule has 0 bridgehead atoms. The van der Waals surface area contributed by atoms with Crippen LogP contribution in [-0.4, -0.2) is 29.9 Å². The Morgan fingerprint density at radius 2 is 1.94 bits per heavy atom. The van der Waals surface area contributed by atoms with Crippen molar-refractivity contribution in [2.45, 2.75) is 26.8 Å². The molecular formula is C13H18F2N2O. The highest BCUT2D eigenvalue weighted by atomic mass is 19.1. The minimum Gasteiger partial charge on any atom is -0.335 e. The van der Waals surface area contributed by atoms with Crippen LogP contribution in [0.5, 0.6) is 0 Å². The first-order valence-corrected chi connectivity index (χ1v) is 5.85. The van der Waals surface area contributed by atoms with Gasteiger partial charge in [0.1, 0.15) is 11.6 Å². The molecule has 0 saturated heterocycles. The highest BCUT2D eigenvalue weighted by molar-refractivity contribution is 5.94. The van der Waals surface area contributed by atoms with Gasteiger partial charge in [-0.2, -0.15) is 0 Å². The summed E-state index contributed by atoms with van der Waals surface area (Å²) in [7, 11) is 0. The summed E-state index contributed by atoms with van der Waals surface area (Å²) in [6, 6.07) is 1.88. The zero-order valence-corrected chi connectivity index (χ0v) is 10.8. The molecule has 0 spiro atoms. The Morgan fingerprint density at radius 1 is 1.33 bits per heavy atom. The van der Waals surface area contributed by atoms with E-state index in [2.05, 4.69) is 0 Å². The van der Waals surface area contributed by atoms with E-state index in [1.54, 1.807) is 0 Å². The maximum atomic E-state index is 13.6. The van der Waals surface area contributed by atoms with Gasteiger partial charge in [0.2, 0.25) is 0 Å². The second kappa shape index (κ2) is 5.91. The number of carbonyl (C=O) groups is 1. The van der Waals surface area contributed by atoms with Gasteiger partial charge in [-0.1, -0.05) is 0 Å². The van der Waals surface area contributed by atoms with Gasteiger partial charge in [-0.25, -0.2) is 8.78 Å². The summed E-state index contributed by atoms with van der Waals surface area (Å²) in [6.45, 7) is 5.77. The van der Waals surface area contributed by atoms with Crippen molar-refractivity contribution < 1.29 is 13.6 Å². The predicted octanol–water partition coefficient (Wildman–Crippen LogP) is 2.08. The molecular weight excluding hydrogens is 238 g/mol. The summed E-state index contributed by atoms with van der Waals surface area (Å²) in [5.74, 6) is -1.96. The van der Waals surface area contributed by atoms with Gasteiger partial charge < -0.3 is 10.6 Å². The summed E-state index contributed by atoms with van der Waals surface area (Å²) >= 11 is 0. The number of halogens is 2. The van der Waals surface area contributed by atoms with E-state index in [-0.39, 0.29) is 17.2 Å². The van der Waals surface area contributed by atoms with E-state index in [9.17, 15) is 13.6 Å². The maximum Gasteiger partial charge on any atom is 0.257 e. The lowest BCUT2D eigenvalue weighted by molar-refractivity contribution is 0.0707. The molecule has 0 unspecified atom stereocenters. The summed E-state index contributed by atoms with van der Waals surface area (Å²) in [5, 5.41) is 0. The molecule has 1 rings (SSSR count). The van der Waals surface area contributed by atoms with Crippen LogP contribution in [0, 0.1) is 18.6 Å².